The molecule has 1 amide bonds. The van der Waals surface area contributed by atoms with Gasteiger partial charge in [-0.1, -0.05) is 29.8 Å². The van der Waals surface area contributed by atoms with Gasteiger partial charge in [0.1, 0.15) is 11.2 Å². The number of primary amides is 1. The third kappa shape index (κ3) is 1.36. The van der Waals surface area contributed by atoms with Gasteiger partial charge in [0, 0.05) is 5.39 Å². The molecule has 0 saturated heterocycles. The molecule has 1 heterocycles. The Hall–Kier alpha value is -2.20. The molecule has 90 valence electrons. The Kier molecular flexibility index (Phi) is 2.21. The number of carbonyl (C=O) groups excluding carboxylic acids is 1. The molecule has 5 heteroatoms. The predicted molar refractivity (Wildman–Crippen MR) is 71.7 cm³/mol. The molecule has 4 N–H and O–H groups in total. The van der Waals surface area contributed by atoms with Crippen LogP contribution in [0.1, 0.15) is 10.4 Å². The van der Waals surface area contributed by atoms with Crippen LogP contribution < -0.4 is 11.5 Å². The number of para-hydroxylation sites is 1. The molecule has 0 unspecified atom stereocenters. The van der Waals surface area contributed by atoms with Crippen LogP contribution in [0.15, 0.2) is 34.7 Å². The number of rotatable bonds is 1. The molecule has 0 aliphatic rings. The van der Waals surface area contributed by atoms with Crippen molar-refractivity contribution in [1.82, 2.24) is 0 Å². The summed E-state index contributed by atoms with van der Waals surface area (Å²) in [6, 6.07) is 8.80. The lowest BCUT2D eigenvalue weighted by Crippen LogP contribution is -2.11. The Morgan fingerprint density at radius 2 is 2.00 bits per heavy atom. The second-order valence-electron chi connectivity index (χ2n) is 3.99. The molecule has 3 rings (SSSR count). The minimum Gasteiger partial charge on any atom is -0.455 e. The van der Waals surface area contributed by atoms with Gasteiger partial charge in [-0.05, 0) is 12.1 Å². The van der Waals surface area contributed by atoms with Crippen LogP contribution in [0.5, 0.6) is 0 Å². The number of nitrogen functional groups attached to an aromatic ring is 1. The first kappa shape index (κ1) is 10.9. The van der Waals surface area contributed by atoms with E-state index in [4.69, 9.17) is 27.5 Å². The van der Waals surface area contributed by atoms with E-state index < -0.39 is 5.91 Å². The lowest BCUT2D eigenvalue weighted by molar-refractivity contribution is 0.100. The highest BCUT2D eigenvalue weighted by Gasteiger charge is 2.18. The monoisotopic (exact) mass is 260 g/mol. The van der Waals surface area contributed by atoms with Crippen LogP contribution >= 0.6 is 11.6 Å². The van der Waals surface area contributed by atoms with Gasteiger partial charge >= 0.3 is 0 Å². The molecule has 0 saturated carbocycles. The Balaban J connectivity index is 2.61. The van der Waals surface area contributed by atoms with Gasteiger partial charge < -0.3 is 15.9 Å². The first-order valence-corrected chi connectivity index (χ1v) is 5.66. The molecule has 0 spiro atoms. The third-order valence-electron chi connectivity index (χ3n) is 2.90. The van der Waals surface area contributed by atoms with E-state index in [0.29, 0.717) is 27.3 Å². The van der Waals surface area contributed by atoms with Crippen molar-refractivity contribution in [1.29, 1.82) is 0 Å². The van der Waals surface area contributed by atoms with Crippen molar-refractivity contribution in [2.45, 2.75) is 0 Å². The molecule has 2 aromatic carbocycles. The number of furan rings is 1. The summed E-state index contributed by atoms with van der Waals surface area (Å²) in [6.07, 6.45) is 0. The third-order valence-corrected chi connectivity index (χ3v) is 3.22. The molecule has 0 bridgehead atoms. The standard InChI is InChI=1S/C13H9ClN2O2/c14-8-5-7(13(16)17)12-10(11(8)15)6-3-1-2-4-9(6)18-12/h1-5H,15H2,(H2,16,17). The van der Waals surface area contributed by atoms with E-state index in [9.17, 15) is 4.79 Å². The summed E-state index contributed by atoms with van der Waals surface area (Å²) in [5.74, 6) is -0.596. The predicted octanol–water partition coefficient (Wildman–Crippen LogP) is 2.92. The summed E-state index contributed by atoms with van der Waals surface area (Å²) in [5, 5.41) is 1.74. The minimum absolute atomic E-state index is 0.236. The van der Waals surface area contributed by atoms with Gasteiger partial charge in [-0.15, -0.1) is 0 Å². The average Bonchev–Trinajstić information content (AvgIpc) is 2.72. The molecule has 3 aromatic rings. The highest BCUT2D eigenvalue weighted by Crippen LogP contribution is 2.38. The van der Waals surface area contributed by atoms with E-state index in [1.165, 1.54) is 6.07 Å². The number of hydrogen-bond donors (Lipinski definition) is 2. The number of fused-ring (bicyclic) bond motifs is 3. The van der Waals surface area contributed by atoms with Crippen molar-refractivity contribution < 1.29 is 9.21 Å². The summed E-state index contributed by atoms with van der Waals surface area (Å²) in [5.41, 5.74) is 12.9. The zero-order valence-corrected chi connectivity index (χ0v) is 9.99. The number of amides is 1. The second-order valence-corrected chi connectivity index (χ2v) is 4.39. The second kappa shape index (κ2) is 3.65. The summed E-state index contributed by atoms with van der Waals surface area (Å²) in [7, 11) is 0. The minimum atomic E-state index is -0.596. The lowest BCUT2D eigenvalue weighted by Gasteiger charge is -2.03. The van der Waals surface area contributed by atoms with Crippen LogP contribution in [0.4, 0.5) is 5.69 Å². The first-order valence-electron chi connectivity index (χ1n) is 5.28. The van der Waals surface area contributed by atoms with E-state index >= 15 is 0 Å². The van der Waals surface area contributed by atoms with Crippen molar-refractivity contribution in [3.8, 4) is 0 Å². The molecular weight excluding hydrogens is 252 g/mol. The van der Waals surface area contributed by atoms with E-state index in [2.05, 4.69) is 0 Å². The fraction of sp³-hybridized carbons (Fsp3) is 0. The van der Waals surface area contributed by atoms with Crippen molar-refractivity contribution >= 4 is 45.1 Å². The van der Waals surface area contributed by atoms with Crippen molar-refractivity contribution in [3.05, 3.63) is 40.9 Å². The highest BCUT2D eigenvalue weighted by atomic mass is 35.5. The van der Waals surface area contributed by atoms with Gasteiger partial charge in [-0.3, -0.25) is 4.79 Å². The van der Waals surface area contributed by atoms with E-state index in [-0.39, 0.29) is 5.56 Å². The molecule has 0 radical (unpaired) electrons. The van der Waals surface area contributed by atoms with Crippen LogP contribution in [-0.2, 0) is 0 Å². The van der Waals surface area contributed by atoms with Crippen molar-refractivity contribution in [3.63, 3.8) is 0 Å². The smallest absolute Gasteiger partial charge is 0.252 e. The molecule has 0 aliphatic heterocycles. The number of nitrogens with two attached hydrogens (primary N) is 2. The molecule has 0 fully saturated rings. The molecule has 1 aromatic heterocycles. The number of benzene rings is 2. The number of carbonyl (C=O) groups is 1. The summed E-state index contributed by atoms with van der Waals surface area (Å²) >= 11 is 6.02. The number of halogens is 1. The Labute approximate surface area is 107 Å². The van der Waals surface area contributed by atoms with Crippen LogP contribution in [0, 0.1) is 0 Å². The van der Waals surface area contributed by atoms with Crippen LogP contribution in [0.3, 0.4) is 0 Å². The van der Waals surface area contributed by atoms with E-state index in [1.807, 2.05) is 18.2 Å². The Morgan fingerprint density at radius 1 is 1.28 bits per heavy atom. The van der Waals surface area contributed by atoms with E-state index in [0.717, 1.165) is 5.39 Å². The van der Waals surface area contributed by atoms with Gasteiger partial charge in [0.15, 0.2) is 0 Å². The van der Waals surface area contributed by atoms with Gasteiger partial charge in [0.05, 0.1) is 21.7 Å². The maximum Gasteiger partial charge on any atom is 0.252 e. The molecule has 0 aliphatic carbocycles. The van der Waals surface area contributed by atoms with Gasteiger partial charge in [0.2, 0.25) is 0 Å². The largest absolute Gasteiger partial charge is 0.455 e. The summed E-state index contributed by atoms with van der Waals surface area (Å²) in [6.45, 7) is 0. The number of hydrogen-bond acceptors (Lipinski definition) is 3. The number of anilines is 1. The maximum absolute atomic E-state index is 11.4. The van der Waals surface area contributed by atoms with Gasteiger partial charge in [-0.25, -0.2) is 0 Å². The van der Waals surface area contributed by atoms with Gasteiger partial charge in [-0.2, -0.15) is 0 Å². The van der Waals surface area contributed by atoms with Crippen molar-refractivity contribution in [2.75, 3.05) is 5.73 Å². The summed E-state index contributed by atoms with van der Waals surface area (Å²) < 4.78 is 5.64. The zero-order valence-electron chi connectivity index (χ0n) is 9.24. The van der Waals surface area contributed by atoms with Gasteiger partial charge in [0.25, 0.3) is 5.91 Å². The molecular formula is C13H9ClN2O2. The van der Waals surface area contributed by atoms with Crippen LogP contribution in [-0.4, -0.2) is 5.91 Å². The fourth-order valence-electron chi connectivity index (χ4n) is 2.07. The first-order chi connectivity index (χ1) is 8.59. The Morgan fingerprint density at radius 3 is 2.72 bits per heavy atom. The normalized spacial score (nSPS) is 11.2. The fourth-order valence-corrected chi connectivity index (χ4v) is 2.28. The SMILES string of the molecule is NC(=O)c1cc(Cl)c(N)c2c1oc1ccccc12. The highest BCUT2D eigenvalue weighted by molar-refractivity contribution is 6.36. The van der Waals surface area contributed by atoms with Crippen LogP contribution in [0.25, 0.3) is 21.9 Å². The molecule has 0 atom stereocenters. The topological polar surface area (TPSA) is 82.2 Å². The van der Waals surface area contributed by atoms with Crippen LogP contribution in [0.2, 0.25) is 5.02 Å². The Bertz CT molecular complexity index is 792. The van der Waals surface area contributed by atoms with E-state index in [1.54, 1.807) is 6.07 Å². The summed E-state index contributed by atoms with van der Waals surface area (Å²) in [4.78, 5) is 11.4. The molecule has 18 heavy (non-hydrogen) atoms. The quantitative estimate of drug-likeness (QED) is 0.660. The lowest BCUT2D eigenvalue weighted by atomic mass is 10.1. The van der Waals surface area contributed by atoms with Crippen molar-refractivity contribution in [2.24, 2.45) is 5.73 Å². The molecule has 4 nitrogen and oxygen atoms in total. The zero-order chi connectivity index (χ0) is 12.9. The maximum atomic E-state index is 11.4. The average molecular weight is 261 g/mol.